The average molecular weight is 423 g/mol. The lowest BCUT2D eigenvalue weighted by molar-refractivity contribution is -0.137. The third-order valence-electron chi connectivity index (χ3n) is 2.98. The second-order valence-corrected chi connectivity index (χ2v) is 5.77. The predicted molar refractivity (Wildman–Crippen MR) is 83.3 cm³/mol. The van der Waals surface area contributed by atoms with Gasteiger partial charge >= 0.3 is 6.18 Å². The van der Waals surface area contributed by atoms with Gasteiger partial charge in [-0.1, -0.05) is 6.07 Å². The summed E-state index contributed by atoms with van der Waals surface area (Å²) in [5.41, 5.74) is -0.327. The summed E-state index contributed by atoms with van der Waals surface area (Å²) < 4.78 is 52.3. The molecule has 22 heavy (non-hydrogen) atoms. The summed E-state index contributed by atoms with van der Waals surface area (Å²) in [7, 11) is 0. The molecular formula is C15H10F4INO. The van der Waals surface area contributed by atoms with Crippen molar-refractivity contribution in [3.8, 4) is 0 Å². The lowest BCUT2D eigenvalue weighted by Gasteiger charge is -2.11. The molecule has 0 spiro atoms. The minimum Gasteiger partial charge on any atom is -0.319 e. The average Bonchev–Trinajstić information content (AvgIpc) is 2.43. The van der Waals surface area contributed by atoms with E-state index in [0.717, 1.165) is 9.13 Å². The maximum atomic E-state index is 13.6. The molecule has 2 nitrogen and oxygen atoms in total. The summed E-state index contributed by atoms with van der Waals surface area (Å²) in [4.78, 5) is 12.0. The van der Waals surface area contributed by atoms with Crippen molar-refractivity contribution >= 4 is 34.2 Å². The van der Waals surface area contributed by atoms with Crippen molar-refractivity contribution in [3.63, 3.8) is 0 Å². The number of alkyl halides is 3. The molecule has 0 aliphatic heterocycles. The van der Waals surface area contributed by atoms with Gasteiger partial charge in [0, 0.05) is 9.13 Å². The van der Waals surface area contributed by atoms with Gasteiger partial charge in [0.1, 0.15) is 5.82 Å². The van der Waals surface area contributed by atoms with E-state index in [9.17, 15) is 22.4 Å². The Morgan fingerprint density at radius 2 is 1.82 bits per heavy atom. The molecule has 0 saturated heterocycles. The smallest absolute Gasteiger partial charge is 0.319 e. The number of anilines is 1. The van der Waals surface area contributed by atoms with Crippen molar-refractivity contribution < 1.29 is 22.4 Å². The molecule has 0 aliphatic rings. The zero-order valence-electron chi connectivity index (χ0n) is 11.3. The van der Waals surface area contributed by atoms with Crippen LogP contribution in [0.2, 0.25) is 0 Å². The fourth-order valence-electron chi connectivity index (χ4n) is 1.73. The van der Waals surface area contributed by atoms with Crippen molar-refractivity contribution in [2.24, 2.45) is 0 Å². The first-order valence-electron chi connectivity index (χ1n) is 6.13. The second-order valence-electron chi connectivity index (χ2n) is 4.61. The molecule has 0 unspecified atom stereocenters. The Morgan fingerprint density at radius 3 is 2.41 bits per heavy atom. The lowest BCUT2D eigenvalue weighted by atomic mass is 10.1. The van der Waals surface area contributed by atoms with Crippen LogP contribution in [0, 0.1) is 16.3 Å². The number of aryl methyl sites for hydroxylation is 1. The highest BCUT2D eigenvalue weighted by Gasteiger charge is 2.31. The van der Waals surface area contributed by atoms with Crippen LogP contribution in [0.25, 0.3) is 0 Å². The van der Waals surface area contributed by atoms with Gasteiger partial charge in [-0.25, -0.2) is 4.39 Å². The zero-order valence-corrected chi connectivity index (χ0v) is 13.4. The normalized spacial score (nSPS) is 11.4. The van der Waals surface area contributed by atoms with Crippen LogP contribution in [0.3, 0.4) is 0 Å². The molecule has 0 heterocycles. The predicted octanol–water partition coefficient (Wildman–Crippen LogP) is 5.01. The maximum absolute atomic E-state index is 13.6. The third kappa shape index (κ3) is 3.76. The number of hydrogen-bond donors (Lipinski definition) is 1. The Labute approximate surface area is 137 Å². The quantitative estimate of drug-likeness (QED) is 0.534. The molecule has 0 atom stereocenters. The van der Waals surface area contributed by atoms with Crippen LogP contribution in [-0.2, 0) is 6.18 Å². The molecule has 0 bridgehead atoms. The van der Waals surface area contributed by atoms with Crippen LogP contribution < -0.4 is 5.32 Å². The first kappa shape index (κ1) is 16.7. The van der Waals surface area contributed by atoms with Gasteiger partial charge in [0.05, 0.1) is 11.3 Å². The molecule has 2 rings (SSSR count). The van der Waals surface area contributed by atoms with E-state index in [-0.39, 0.29) is 5.56 Å². The third-order valence-corrected chi connectivity index (χ3v) is 4.14. The number of carbonyl (C=O) groups excluding carboxylic acids is 1. The van der Waals surface area contributed by atoms with Crippen molar-refractivity contribution in [2.45, 2.75) is 13.1 Å². The molecule has 0 saturated carbocycles. The SMILES string of the molecule is Cc1ccc(C(=O)Nc2cc(C(F)(F)F)ccc2F)cc1I. The van der Waals surface area contributed by atoms with Crippen LogP contribution in [0.4, 0.5) is 23.2 Å². The van der Waals surface area contributed by atoms with Crippen molar-refractivity contribution in [3.05, 3.63) is 62.5 Å². The topological polar surface area (TPSA) is 29.1 Å². The summed E-state index contributed by atoms with van der Waals surface area (Å²) >= 11 is 2.03. The summed E-state index contributed by atoms with van der Waals surface area (Å²) in [5.74, 6) is -1.60. The number of carbonyl (C=O) groups is 1. The molecule has 7 heteroatoms. The van der Waals surface area contributed by atoms with E-state index in [4.69, 9.17) is 0 Å². The number of hydrogen-bond acceptors (Lipinski definition) is 1. The second kappa shape index (κ2) is 6.23. The summed E-state index contributed by atoms with van der Waals surface area (Å²) in [6, 6.07) is 6.69. The Hall–Kier alpha value is -1.64. The largest absolute Gasteiger partial charge is 0.416 e. The highest BCUT2D eigenvalue weighted by atomic mass is 127. The molecule has 1 amide bonds. The Balaban J connectivity index is 2.29. The van der Waals surface area contributed by atoms with E-state index < -0.39 is 29.2 Å². The standard InChI is InChI=1S/C15H10F4INO/c1-8-2-3-9(6-12(8)20)14(22)21-13-7-10(15(17,18)19)4-5-11(13)16/h2-7H,1H3,(H,21,22). The monoisotopic (exact) mass is 423 g/mol. The highest BCUT2D eigenvalue weighted by molar-refractivity contribution is 14.1. The minimum absolute atomic E-state index is 0.242. The van der Waals surface area contributed by atoms with E-state index in [1.54, 1.807) is 12.1 Å². The number of nitrogens with one attached hydrogen (secondary N) is 1. The first-order chi connectivity index (χ1) is 10.2. The zero-order chi connectivity index (χ0) is 16.5. The Morgan fingerprint density at radius 1 is 1.14 bits per heavy atom. The molecule has 0 radical (unpaired) electrons. The molecule has 116 valence electrons. The van der Waals surface area contributed by atoms with Gasteiger partial charge in [-0.3, -0.25) is 4.79 Å². The summed E-state index contributed by atoms with van der Waals surface area (Å²) in [6.07, 6.45) is -4.60. The fraction of sp³-hybridized carbons (Fsp3) is 0.133. The lowest BCUT2D eigenvalue weighted by Crippen LogP contribution is -2.14. The molecule has 1 N–H and O–H groups in total. The highest BCUT2D eigenvalue weighted by Crippen LogP contribution is 2.32. The van der Waals surface area contributed by atoms with Crippen LogP contribution in [0.5, 0.6) is 0 Å². The van der Waals surface area contributed by atoms with Crippen LogP contribution in [0.1, 0.15) is 21.5 Å². The van der Waals surface area contributed by atoms with Gasteiger partial charge in [0.25, 0.3) is 5.91 Å². The van der Waals surface area contributed by atoms with Gasteiger partial charge in [0.15, 0.2) is 0 Å². The fourth-order valence-corrected chi connectivity index (χ4v) is 2.24. The van der Waals surface area contributed by atoms with E-state index >= 15 is 0 Å². The van der Waals surface area contributed by atoms with Crippen LogP contribution >= 0.6 is 22.6 Å². The first-order valence-corrected chi connectivity index (χ1v) is 7.20. The van der Waals surface area contributed by atoms with Crippen molar-refractivity contribution in [1.82, 2.24) is 0 Å². The van der Waals surface area contributed by atoms with Crippen LogP contribution in [0.15, 0.2) is 36.4 Å². The minimum atomic E-state index is -4.60. The van der Waals surface area contributed by atoms with Gasteiger partial charge in [0.2, 0.25) is 0 Å². The van der Waals surface area contributed by atoms with E-state index in [1.165, 1.54) is 6.07 Å². The Kier molecular flexibility index (Phi) is 4.74. The van der Waals surface area contributed by atoms with Gasteiger partial charge in [-0.2, -0.15) is 13.2 Å². The van der Waals surface area contributed by atoms with Crippen LogP contribution in [-0.4, -0.2) is 5.91 Å². The number of rotatable bonds is 2. The molecule has 2 aromatic rings. The number of halogens is 5. The molecule has 0 aromatic heterocycles. The molecular weight excluding hydrogens is 413 g/mol. The van der Waals surface area contributed by atoms with Gasteiger partial charge in [-0.15, -0.1) is 0 Å². The van der Waals surface area contributed by atoms with E-state index in [0.29, 0.717) is 18.2 Å². The van der Waals surface area contributed by atoms with E-state index in [2.05, 4.69) is 5.32 Å². The summed E-state index contributed by atoms with van der Waals surface area (Å²) in [6.45, 7) is 1.86. The van der Waals surface area contributed by atoms with Crippen molar-refractivity contribution in [1.29, 1.82) is 0 Å². The molecule has 0 fully saturated rings. The Bertz CT molecular complexity index is 728. The summed E-state index contributed by atoms with van der Waals surface area (Å²) in [5, 5.41) is 2.17. The van der Waals surface area contributed by atoms with Crippen molar-refractivity contribution in [2.75, 3.05) is 5.32 Å². The molecule has 0 aliphatic carbocycles. The van der Waals surface area contributed by atoms with Gasteiger partial charge in [-0.05, 0) is 65.4 Å². The number of amides is 1. The number of benzene rings is 2. The maximum Gasteiger partial charge on any atom is 0.416 e. The van der Waals surface area contributed by atoms with Gasteiger partial charge < -0.3 is 5.32 Å². The van der Waals surface area contributed by atoms with E-state index in [1.807, 2.05) is 29.5 Å². The molecule has 2 aromatic carbocycles.